The molecule has 0 saturated carbocycles. The summed E-state index contributed by atoms with van der Waals surface area (Å²) in [5.74, 6) is 0.189. The van der Waals surface area contributed by atoms with E-state index in [0.717, 1.165) is 77.7 Å². The van der Waals surface area contributed by atoms with E-state index in [1.54, 1.807) is 0 Å². The number of carbonyl (C=O) groups is 1. The Hall–Kier alpha value is -0.340. The standard InChI is InChI=1S/C47H97NO5S/c1-8-12-16-20-23-30-38-45(37-29-19-15-11-4)47(49)51-43-35-27-24-32-40-48(5)41-33-25-28-36-44-52-54(6,7)53-46(39-31-22-18-14-10-3)50-42-34-26-21-17-13-9-2/h45-46H,8-44H2,1-7H3. The van der Waals surface area contributed by atoms with E-state index in [2.05, 4.69) is 52.2 Å². The minimum absolute atomic E-state index is 0.0745. The summed E-state index contributed by atoms with van der Waals surface area (Å²) in [5.41, 5.74) is 0. The van der Waals surface area contributed by atoms with Gasteiger partial charge in [-0.05, 0) is 71.5 Å². The first-order chi connectivity index (χ1) is 26.3. The maximum absolute atomic E-state index is 12.9. The maximum atomic E-state index is 12.9. The molecule has 2 atom stereocenters. The van der Waals surface area contributed by atoms with Crippen LogP contribution in [0.2, 0.25) is 0 Å². The third-order valence-corrected chi connectivity index (χ3v) is 12.2. The Balaban J connectivity index is 4.10. The third-order valence-electron chi connectivity index (χ3n) is 10.8. The van der Waals surface area contributed by atoms with Crippen LogP contribution in [0.3, 0.4) is 0 Å². The van der Waals surface area contributed by atoms with Gasteiger partial charge >= 0.3 is 5.97 Å². The second kappa shape index (κ2) is 40.8. The summed E-state index contributed by atoms with van der Waals surface area (Å²) in [6.45, 7) is 13.5. The summed E-state index contributed by atoms with van der Waals surface area (Å²) in [5, 5.41) is 0. The summed E-state index contributed by atoms with van der Waals surface area (Å²) in [7, 11) is 0.671. The van der Waals surface area contributed by atoms with Gasteiger partial charge in [-0.25, -0.2) is 0 Å². The Labute approximate surface area is 340 Å². The summed E-state index contributed by atoms with van der Waals surface area (Å²) in [6.07, 6.45) is 43.1. The second-order valence-electron chi connectivity index (χ2n) is 16.7. The molecule has 6 nitrogen and oxygen atoms in total. The van der Waals surface area contributed by atoms with Crippen LogP contribution in [0.1, 0.15) is 233 Å². The molecule has 7 heteroatoms. The quantitative estimate of drug-likeness (QED) is 0.0348. The van der Waals surface area contributed by atoms with Gasteiger partial charge in [0.1, 0.15) is 0 Å². The van der Waals surface area contributed by atoms with Crippen LogP contribution in [-0.4, -0.2) is 69.6 Å². The number of rotatable bonds is 44. The molecule has 0 aromatic heterocycles. The van der Waals surface area contributed by atoms with E-state index in [-0.39, 0.29) is 18.2 Å². The van der Waals surface area contributed by atoms with Crippen molar-refractivity contribution in [2.45, 2.75) is 239 Å². The van der Waals surface area contributed by atoms with Crippen molar-refractivity contribution >= 4 is 16.6 Å². The molecule has 0 saturated heterocycles. The van der Waals surface area contributed by atoms with Crippen molar-refractivity contribution < 1.29 is 22.6 Å². The Morgan fingerprint density at radius 2 is 0.870 bits per heavy atom. The van der Waals surface area contributed by atoms with Crippen molar-refractivity contribution in [3.8, 4) is 0 Å². The second-order valence-corrected chi connectivity index (χ2v) is 19.4. The molecule has 54 heavy (non-hydrogen) atoms. The SMILES string of the molecule is CCCCCCCCOC(CCCCCCC)OS(C)(C)OCCCCCCN(C)CCCCCCOC(=O)C(CCCCCC)CCCCCCCC. The first kappa shape index (κ1) is 53.7. The van der Waals surface area contributed by atoms with Crippen LogP contribution in [0.15, 0.2) is 0 Å². The number of carbonyl (C=O) groups excluding carboxylic acids is 1. The van der Waals surface area contributed by atoms with Gasteiger partial charge in [0.15, 0.2) is 6.29 Å². The van der Waals surface area contributed by atoms with Crippen molar-refractivity contribution in [2.24, 2.45) is 5.92 Å². The van der Waals surface area contributed by atoms with E-state index in [1.165, 1.54) is 154 Å². The molecule has 0 bridgehead atoms. The minimum atomic E-state index is -1.59. The molecule has 0 aromatic carbocycles. The predicted molar refractivity (Wildman–Crippen MR) is 239 cm³/mol. The van der Waals surface area contributed by atoms with Crippen LogP contribution in [-0.2, 0) is 22.6 Å². The molecule has 0 rings (SSSR count). The van der Waals surface area contributed by atoms with Gasteiger partial charge in [-0.3, -0.25) is 13.2 Å². The molecule has 0 heterocycles. The van der Waals surface area contributed by atoms with Crippen molar-refractivity contribution in [1.29, 1.82) is 0 Å². The molecular formula is C47H97NO5S. The summed E-state index contributed by atoms with van der Waals surface area (Å²) < 4.78 is 24.9. The summed E-state index contributed by atoms with van der Waals surface area (Å²) in [6, 6.07) is 0. The van der Waals surface area contributed by atoms with Crippen LogP contribution in [0.25, 0.3) is 0 Å². The van der Waals surface area contributed by atoms with E-state index < -0.39 is 10.6 Å². The highest BCUT2D eigenvalue weighted by Gasteiger charge is 2.20. The Bertz CT molecular complexity index is 768. The van der Waals surface area contributed by atoms with Crippen LogP contribution < -0.4 is 0 Å². The number of esters is 1. The third kappa shape index (κ3) is 37.2. The first-order valence-electron chi connectivity index (χ1n) is 23.8. The van der Waals surface area contributed by atoms with Gasteiger partial charge in [-0.2, -0.15) is 10.6 Å². The van der Waals surface area contributed by atoms with Crippen molar-refractivity contribution in [1.82, 2.24) is 4.90 Å². The summed E-state index contributed by atoms with van der Waals surface area (Å²) in [4.78, 5) is 15.4. The number of nitrogens with zero attached hydrogens (tertiary/aromatic N) is 1. The van der Waals surface area contributed by atoms with Crippen LogP contribution in [0.4, 0.5) is 0 Å². The average molecular weight is 788 g/mol. The van der Waals surface area contributed by atoms with Gasteiger partial charge in [0, 0.05) is 25.5 Å². The smallest absolute Gasteiger partial charge is 0.308 e. The fraction of sp³-hybridized carbons (Fsp3) is 0.979. The zero-order valence-electron chi connectivity index (χ0n) is 37.7. The van der Waals surface area contributed by atoms with Crippen molar-refractivity contribution in [3.63, 3.8) is 0 Å². The minimum Gasteiger partial charge on any atom is -0.465 e. The average Bonchev–Trinajstić information content (AvgIpc) is 3.15. The molecule has 0 amide bonds. The van der Waals surface area contributed by atoms with E-state index in [4.69, 9.17) is 17.8 Å². The highest BCUT2D eigenvalue weighted by atomic mass is 32.3. The van der Waals surface area contributed by atoms with E-state index in [1.807, 2.05) is 0 Å². The molecule has 2 unspecified atom stereocenters. The molecule has 0 aliphatic rings. The van der Waals surface area contributed by atoms with Crippen molar-refractivity contribution in [2.75, 3.05) is 52.5 Å². The lowest BCUT2D eigenvalue weighted by Gasteiger charge is -2.38. The van der Waals surface area contributed by atoms with Gasteiger partial charge < -0.3 is 14.4 Å². The topological polar surface area (TPSA) is 57.2 Å². The first-order valence-corrected chi connectivity index (χ1v) is 26.1. The molecule has 0 aliphatic heterocycles. The molecule has 0 aliphatic carbocycles. The highest BCUT2D eigenvalue weighted by Crippen LogP contribution is 2.44. The van der Waals surface area contributed by atoms with Crippen LogP contribution in [0.5, 0.6) is 0 Å². The van der Waals surface area contributed by atoms with E-state index in [9.17, 15) is 4.79 Å². The molecule has 0 spiro atoms. The Morgan fingerprint density at radius 1 is 0.481 bits per heavy atom. The predicted octanol–water partition coefficient (Wildman–Crippen LogP) is 14.9. The number of hydrogen-bond acceptors (Lipinski definition) is 6. The monoisotopic (exact) mass is 788 g/mol. The Morgan fingerprint density at radius 3 is 1.39 bits per heavy atom. The van der Waals surface area contributed by atoms with Gasteiger partial charge in [0.05, 0.1) is 19.1 Å². The van der Waals surface area contributed by atoms with Crippen LogP contribution in [0, 0.1) is 5.92 Å². The fourth-order valence-corrected chi connectivity index (χ4v) is 8.41. The molecule has 0 fully saturated rings. The molecule has 0 N–H and O–H groups in total. The molecule has 326 valence electrons. The largest absolute Gasteiger partial charge is 0.465 e. The fourth-order valence-electron chi connectivity index (χ4n) is 7.16. The molecular weight excluding hydrogens is 691 g/mol. The zero-order valence-corrected chi connectivity index (χ0v) is 38.5. The number of unbranched alkanes of at least 4 members (excludes halogenated alkanes) is 23. The van der Waals surface area contributed by atoms with E-state index in [0.29, 0.717) is 6.61 Å². The van der Waals surface area contributed by atoms with E-state index >= 15 is 0 Å². The van der Waals surface area contributed by atoms with Gasteiger partial charge in [-0.15, -0.1) is 0 Å². The maximum Gasteiger partial charge on any atom is 0.308 e. The lowest BCUT2D eigenvalue weighted by atomic mass is 9.94. The van der Waals surface area contributed by atoms with Crippen LogP contribution >= 0.6 is 10.6 Å². The normalized spacial score (nSPS) is 13.5. The van der Waals surface area contributed by atoms with Gasteiger partial charge in [0.25, 0.3) is 0 Å². The lowest BCUT2D eigenvalue weighted by molar-refractivity contribution is -0.149. The van der Waals surface area contributed by atoms with Crippen molar-refractivity contribution in [3.05, 3.63) is 0 Å². The van der Waals surface area contributed by atoms with Gasteiger partial charge in [-0.1, -0.05) is 175 Å². The van der Waals surface area contributed by atoms with Gasteiger partial charge in [0.2, 0.25) is 0 Å². The Kier molecular flexibility index (Phi) is 40.6. The number of ether oxygens (including phenoxy) is 2. The molecule has 0 aromatic rings. The molecule has 0 radical (unpaired) electrons. The highest BCUT2D eigenvalue weighted by molar-refractivity contribution is 8.24. The lowest BCUT2D eigenvalue weighted by Crippen LogP contribution is -2.21. The summed E-state index contributed by atoms with van der Waals surface area (Å²) >= 11 is 0. The number of hydrogen-bond donors (Lipinski definition) is 0. The zero-order chi connectivity index (χ0) is 39.8.